The maximum absolute atomic E-state index is 11.8. The Hall–Kier alpha value is -1.17. The van der Waals surface area contributed by atoms with Gasteiger partial charge in [-0.3, -0.25) is 9.69 Å². The van der Waals surface area contributed by atoms with Gasteiger partial charge in [0.25, 0.3) is 0 Å². The number of halogens is 1. The molecule has 1 aromatic rings. The van der Waals surface area contributed by atoms with Crippen LogP contribution in [-0.4, -0.2) is 47.1 Å². The van der Waals surface area contributed by atoms with Crippen molar-refractivity contribution in [2.75, 3.05) is 31.6 Å². The monoisotopic (exact) mass is 271 g/mol. The van der Waals surface area contributed by atoms with Gasteiger partial charge >= 0.3 is 0 Å². The second-order valence-electron chi connectivity index (χ2n) is 3.89. The van der Waals surface area contributed by atoms with Crippen LogP contribution in [0.4, 0.5) is 5.69 Å². The largest absolute Gasteiger partial charge is 0.395 e. The number of carbonyl (C=O) groups is 1. The Kier molecular flexibility index (Phi) is 6.64. The molecule has 1 aromatic heterocycles. The van der Waals surface area contributed by atoms with E-state index in [4.69, 9.17) is 16.7 Å². The number of aliphatic hydroxyl groups is 1. The molecule has 5 nitrogen and oxygen atoms in total. The zero-order chi connectivity index (χ0) is 13.4. The van der Waals surface area contributed by atoms with Gasteiger partial charge in [-0.15, -0.1) is 0 Å². The fraction of sp³-hybridized carbons (Fsp3) is 0.500. The first-order valence-electron chi connectivity index (χ1n) is 5.91. The van der Waals surface area contributed by atoms with Gasteiger partial charge in [0.2, 0.25) is 5.91 Å². The maximum atomic E-state index is 11.8. The first-order valence-corrected chi connectivity index (χ1v) is 6.28. The van der Waals surface area contributed by atoms with E-state index in [9.17, 15) is 4.79 Å². The number of hydrogen-bond donors (Lipinski definition) is 2. The highest BCUT2D eigenvalue weighted by molar-refractivity contribution is 6.32. The van der Waals surface area contributed by atoms with Crippen LogP contribution in [-0.2, 0) is 4.79 Å². The number of aliphatic hydroxyl groups excluding tert-OH is 1. The molecular weight excluding hydrogens is 254 g/mol. The summed E-state index contributed by atoms with van der Waals surface area (Å²) in [6, 6.07) is 3.41. The summed E-state index contributed by atoms with van der Waals surface area (Å²) in [6.45, 7) is 3.57. The van der Waals surface area contributed by atoms with Crippen LogP contribution in [0.2, 0.25) is 5.15 Å². The van der Waals surface area contributed by atoms with E-state index in [1.165, 1.54) is 0 Å². The SMILES string of the molecule is CCCN(CCO)CC(=O)Nc1cccnc1Cl. The van der Waals surface area contributed by atoms with Crippen LogP contribution in [0.1, 0.15) is 13.3 Å². The molecule has 6 heteroatoms. The third-order valence-corrected chi connectivity index (χ3v) is 2.66. The zero-order valence-corrected chi connectivity index (χ0v) is 11.2. The molecule has 0 aliphatic carbocycles. The second kappa shape index (κ2) is 8.02. The molecule has 18 heavy (non-hydrogen) atoms. The minimum Gasteiger partial charge on any atom is -0.395 e. The molecule has 0 unspecified atom stereocenters. The molecule has 0 atom stereocenters. The molecule has 0 saturated carbocycles. The second-order valence-corrected chi connectivity index (χ2v) is 4.25. The van der Waals surface area contributed by atoms with Crippen molar-refractivity contribution in [1.29, 1.82) is 0 Å². The van der Waals surface area contributed by atoms with E-state index in [2.05, 4.69) is 10.3 Å². The van der Waals surface area contributed by atoms with Gasteiger partial charge in [-0.05, 0) is 25.1 Å². The minimum atomic E-state index is -0.160. The highest BCUT2D eigenvalue weighted by atomic mass is 35.5. The van der Waals surface area contributed by atoms with Crippen LogP contribution >= 0.6 is 11.6 Å². The molecule has 0 aliphatic rings. The van der Waals surface area contributed by atoms with Gasteiger partial charge in [-0.1, -0.05) is 18.5 Å². The van der Waals surface area contributed by atoms with E-state index in [1.807, 2.05) is 11.8 Å². The molecule has 0 radical (unpaired) electrons. The van der Waals surface area contributed by atoms with Gasteiger partial charge in [-0.2, -0.15) is 0 Å². The Morgan fingerprint density at radius 2 is 2.33 bits per heavy atom. The number of nitrogens with one attached hydrogen (secondary N) is 1. The average Bonchev–Trinajstić information content (AvgIpc) is 2.33. The van der Waals surface area contributed by atoms with Crippen LogP contribution in [0.25, 0.3) is 0 Å². The lowest BCUT2D eigenvalue weighted by atomic mass is 10.3. The summed E-state index contributed by atoms with van der Waals surface area (Å²) in [4.78, 5) is 17.6. The van der Waals surface area contributed by atoms with E-state index in [0.717, 1.165) is 13.0 Å². The Labute approximate surface area is 112 Å². The lowest BCUT2D eigenvalue weighted by Gasteiger charge is -2.19. The van der Waals surface area contributed by atoms with Gasteiger partial charge in [0.05, 0.1) is 18.8 Å². The summed E-state index contributed by atoms with van der Waals surface area (Å²) in [5, 5.41) is 11.9. The normalized spacial score (nSPS) is 10.7. The molecule has 1 rings (SSSR count). The fourth-order valence-corrected chi connectivity index (χ4v) is 1.77. The predicted octanol–water partition coefficient (Wildman–Crippen LogP) is 1.38. The number of amides is 1. The molecule has 0 aromatic carbocycles. The molecule has 1 heterocycles. The van der Waals surface area contributed by atoms with Crippen molar-refractivity contribution < 1.29 is 9.90 Å². The van der Waals surface area contributed by atoms with E-state index >= 15 is 0 Å². The topological polar surface area (TPSA) is 65.5 Å². The quantitative estimate of drug-likeness (QED) is 0.736. The lowest BCUT2D eigenvalue weighted by molar-refractivity contribution is -0.117. The van der Waals surface area contributed by atoms with Crippen LogP contribution in [0, 0.1) is 0 Å². The van der Waals surface area contributed by atoms with Crippen molar-refractivity contribution in [1.82, 2.24) is 9.88 Å². The highest BCUT2D eigenvalue weighted by Crippen LogP contribution is 2.17. The first-order chi connectivity index (χ1) is 8.67. The summed E-state index contributed by atoms with van der Waals surface area (Å²) in [6.07, 6.45) is 2.49. The lowest BCUT2D eigenvalue weighted by Crippen LogP contribution is -2.35. The van der Waals surface area contributed by atoms with Gasteiger partial charge < -0.3 is 10.4 Å². The van der Waals surface area contributed by atoms with Gasteiger partial charge in [0.15, 0.2) is 5.15 Å². The van der Waals surface area contributed by atoms with Crippen molar-refractivity contribution in [3.8, 4) is 0 Å². The van der Waals surface area contributed by atoms with Crippen LogP contribution < -0.4 is 5.32 Å². The third kappa shape index (κ3) is 5.00. The zero-order valence-electron chi connectivity index (χ0n) is 10.4. The Morgan fingerprint density at radius 1 is 1.56 bits per heavy atom. The molecule has 0 aliphatic heterocycles. The highest BCUT2D eigenvalue weighted by Gasteiger charge is 2.11. The fourth-order valence-electron chi connectivity index (χ4n) is 1.60. The summed E-state index contributed by atoms with van der Waals surface area (Å²) in [5.74, 6) is -0.160. The van der Waals surface area contributed by atoms with E-state index in [0.29, 0.717) is 12.2 Å². The predicted molar refractivity (Wildman–Crippen MR) is 71.7 cm³/mol. The Morgan fingerprint density at radius 3 is 2.94 bits per heavy atom. The average molecular weight is 272 g/mol. The molecule has 0 saturated heterocycles. The number of pyridine rings is 1. The minimum absolute atomic E-state index is 0.0426. The number of carbonyl (C=O) groups excluding carboxylic acids is 1. The molecule has 0 fully saturated rings. The van der Waals surface area contributed by atoms with Crippen molar-refractivity contribution in [2.24, 2.45) is 0 Å². The van der Waals surface area contributed by atoms with Crippen molar-refractivity contribution in [2.45, 2.75) is 13.3 Å². The Balaban J connectivity index is 2.52. The summed E-state index contributed by atoms with van der Waals surface area (Å²) in [7, 11) is 0. The number of rotatable bonds is 7. The van der Waals surface area contributed by atoms with Gasteiger partial charge in [0.1, 0.15) is 0 Å². The van der Waals surface area contributed by atoms with Crippen LogP contribution in [0.3, 0.4) is 0 Å². The standard InChI is InChI=1S/C12H18ClN3O2/c1-2-6-16(7-8-17)9-11(18)15-10-4-3-5-14-12(10)13/h3-5,17H,2,6-9H2,1H3,(H,15,18). The van der Waals surface area contributed by atoms with E-state index in [1.54, 1.807) is 18.3 Å². The molecule has 0 spiro atoms. The smallest absolute Gasteiger partial charge is 0.238 e. The first kappa shape index (κ1) is 14.9. The molecule has 2 N–H and O–H groups in total. The Bertz CT molecular complexity index is 381. The summed E-state index contributed by atoms with van der Waals surface area (Å²) in [5.41, 5.74) is 0.504. The van der Waals surface area contributed by atoms with Gasteiger partial charge in [0, 0.05) is 12.7 Å². The van der Waals surface area contributed by atoms with Crippen LogP contribution in [0.5, 0.6) is 0 Å². The summed E-state index contributed by atoms with van der Waals surface area (Å²) < 4.78 is 0. The number of anilines is 1. The summed E-state index contributed by atoms with van der Waals surface area (Å²) >= 11 is 5.85. The molecular formula is C12H18ClN3O2. The van der Waals surface area contributed by atoms with Gasteiger partial charge in [-0.25, -0.2) is 4.98 Å². The number of aromatic nitrogens is 1. The van der Waals surface area contributed by atoms with Crippen molar-refractivity contribution in [3.05, 3.63) is 23.5 Å². The number of hydrogen-bond acceptors (Lipinski definition) is 4. The molecule has 0 bridgehead atoms. The number of nitrogens with zero attached hydrogens (tertiary/aromatic N) is 2. The van der Waals surface area contributed by atoms with E-state index < -0.39 is 0 Å². The third-order valence-electron chi connectivity index (χ3n) is 2.36. The van der Waals surface area contributed by atoms with Crippen molar-refractivity contribution in [3.63, 3.8) is 0 Å². The molecule has 1 amide bonds. The van der Waals surface area contributed by atoms with E-state index in [-0.39, 0.29) is 24.2 Å². The maximum Gasteiger partial charge on any atom is 0.238 e. The van der Waals surface area contributed by atoms with Crippen molar-refractivity contribution >= 4 is 23.2 Å². The van der Waals surface area contributed by atoms with Crippen LogP contribution in [0.15, 0.2) is 18.3 Å². The molecule has 100 valence electrons.